The summed E-state index contributed by atoms with van der Waals surface area (Å²) in [6.07, 6.45) is 0. The van der Waals surface area contributed by atoms with E-state index in [0.717, 1.165) is 0 Å². The van der Waals surface area contributed by atoms with E-state index in [1.807, 2.05) is 0 Å². The van der Waals surface area contributed by atoms with Crippen LogP contribution in [0.1, 0.15) is 24.2 Å². The molecule has 0 heterocycles. The lowest BCUT2D eigenvalue weighted by Crippen LogP contribution is -2.21. The van der Waals surface area contributed by atoms with Gasteiger partial charge < -0.3 is 5.21 Å². The highest BCUT2D eigenvalue weighted by Crippen LogP contribution is 2.09. The highest BCUT2D eigenvalue weighted by Gasteiger charge is 2.04. The third-order valence-corrected chi connectivity index (χ3v) is 2.36. The lowest BCUT2D eigenvalue weighted by atomic mass is 10.2. The zero-order chi connectivity index (χ0) is 12.8. The van der Waals surface area contributed by atoms with E-state index in [9.17, 15) is 4.79 Å². The predicted molar refractivity (Wildman–Crippen MR) is 66.9 cm³/mol. The average Bonchev–Trinajstić information content (AvgIpc) is 2.35. The molecule has 1 aromatic carbocycles. The summed E-state index contributed by atoms with van der Waals surface area (Å²) in [6.45, 7) is 3.20. The zero-order valence-electron chi connectivity index (χ0n) is 9.44. The summed E-state index contributed by atoms with van der Waals surface area (Å²) in [5, 5.41) is 15.8. The maximum Gasteiger partial charge on any atom is 0.271 e. The number of carbonyl (C=O) groups is 1. The molecular formula is C11H12ClN3O2. The molecule has 0 saturated heterocycles. The van der Waals surface area contributed by atoms with E-state index >= 15 is 0 Å². The van der Waals surface area contributed by atoms with Crippen molar-refractivity contribution >= 4 is 28.9 Å². The Bertz CT molecular complexity index is 466. The maximum atomic E-state index is 11.6. The Balaban J connectivity index is 2.71. The number of rotatable bonds is 3. The highest BCUT2D eigenvalue weighted by molar-refractivity contribution is 6.40. The number of carbonyl (C=O) groups excluding carboxylic acids is 1. The quantitative estimate of drug-likeness (QED) is 0.493. The smallest absolute Gasteiger partial charge is 0.271 e. The molecule has 0 spiro atoms. The van der Waals surface area contributed by atoms with Crippen molar-refractivity contribution in [3.8, 4) is 0 Å². The number of amides is 1. The lowest BCUT2D eigenvalue weighted by molar-refractivity contribution is 0.0955. The van der Waals surface area contributed by atoms with E-state index in [2.05, 4.69) is 15.7 Å². The van der Waals surface area contributed by atoms with Gasteiger partial charge in [0.1, 0.15) is 0 Å². The fraction of sp³-hybridized carbons (Fsp3) is 0.182. The first-order chi connectivity index (χ1) is 8.04. The van der Waals surface area contributed by atoms with Crippen LogP contribution >= 0.6 is 11.6 Å². The number of hydrogen-bond acceptors (Lipinski definition) is 4. The summed E-state index contributed by atoms with van der Waals surface area (Å²) in [7, 11) is 0. The molecule has 0 aromatic heterocycles. The molecule has 90 valence electrons. The summed E-state index contributed by atoms with van der Waals surface area (Å²) in [5.41, 5.74) is 3.56. The van der Waals surface area contributed by atoms with E-state index < -0.39 is 0 Å². The molecule has 0 radical (unpaired) electrons. The molecule has 1 aromatic rings. The molecule has 0 fully saturated rings. The predicted octanol–water partition coefficient (Wildman–Crippen LogP) is 2.30. The van der Waals surface area contributed by atoms with E-state index in [-0.39, 0.29) is 5.91 Å². The Morgan fingerprint density at radius 1 is 1.24 bits per heavy atom. The van der Waals surface area contributed by atoms with Gasteiger partial charge in [0.2, 0.25) is 0 Å². The van der Waals surface area contributed by atoms with E-state index in [1.54, 1.807) is 38.1 Å². The fourth-order valence-electron chi connectivity index (χ4n) is 0.954. The van der Waals surface area contributed by atoms with Crippen LogP contribution in [0.5, 0.6) is 0 Å². The maximum absolute atomic E-state index is 11.6. The second-order valence-electron chi connectivity index (χ2n) is 3.33. The van der Waals surface area contributed by atoms with Crippen molar-refractivity contribution in [2.75, 3.05) is 0 Å². The van der Waals surface area contributed by atoms with Gasteiger partial charge in [-0.15, -0.1) is 0 Å². The topological polar surface area (TPSA) is 74.1 Å². The normalized spacial score (nSPS) is 12.4. The minimum absolute atomic E-state index is 0.335. The number of oxime groups is 1. The molecule has 0 saturated carbocycles. The molecular weight excluding hydrogens is 242 g/mol. The highest BCUT2D eigenvalue weighted by atomic mass is 35.5. The van der Waals surface area contributed by atoms with Gasteiger partial charge in [0.15, 0.2) is 0 Å². The molecule has 5 nitrogen and oxygen atoms in total. The number of hydrazone groups is 1. The Kier molecular flexibility index (Phi) is 4.66. The first-order valence-corrected chi connectivity index (χ1v) is 5.21. The third kappa shape index (κ3) is 3.88. The van der Waals surface area contributed by atoms with Crippen LogP contribution in [0.15, 0.2) is 34.5 Å². The van der Waals surface area contributed by atoms with E-state index in [4.69, 9.17) is 16.8 Å². The van der Waals surface area contributed by atoms with E-state index in [0.29, 0.717) is 22.0 Å². The average molecular weight is 254 g/mol. The number of benzene rings is 1. The van der Waals surface area contributed by atoms with Gasteiger partial charge in [-0.05, 0) is 38.1 Å². The van der Waals surface area contributed by atoms with Crippen LogP contribution in [-0.2, 0) is 0 Å². The zero-order valence-corrected chi connectivity index (χ0v) is 10.2. The molecule has 0 atom stereocenters. The summed E-state index contributed by atoms with van der Waals surface area (Å²) >= 11 is 5.70. The van der Waals surface area contributed by atoms with Crippen molar-refractivity contribution in [3.63, 3.8) is 0 Å². The second kappa shape index (κ2) is 6.00. The molecule has 1 rings (SSSR count). The first-order valence-electron chi connectivity index (χ1n) is 4.84. The Morgan fingerprint density at radius 2 is 1.82 bits per heavy atom. The summed E-state index contributed by atoms with van der Waals surface area (Å²) in [4.78, 5) is 11.6. The van der Waals surface area contributed by atoms with Crippen molar-refractivity contribution in [2.24, 2.45) is 10.3 Å². The van der Waals surface area contributed by atoms with Gasteiger partial charge in [-0.2, -0.15) is 5.10 Å². The molecule has 6 heteroatoms. The molecule has 0 unspecified atom stereocenters. The molecule has 0 aliphatic rings. The van der Waals surface area contributed by atoms with Crippen molar-refractivity contribution < 1.29 is 10.0 Å². The number of hydrogen-bond donors (Lipinski definition) is 2. The van der Waals surface area contributed by atoms with Gasteiger partial charge in [0, 0.05) is 10.6 Å². The molecule has 0 aliphatic heterocycles. The van der Waals surface area contributed by atoms with Crippen LogP contribution in [-0.4, -0.2) is 22.5 Å². The summed E-state index contributed by atoms with van der Waals surface area (Å²) < 4.78 is 0. The Labute approximate surface area is 104 Å². The summed E-state index contributed by atoms with van der Waals surface area (Å²) in [6, 6.07) is 6.42. The van der Waals surface area contributed by atoms with Crippen molar-refractivity contribution in [2.45, 2.75) is 13.8 Å². The van der Waals surface area contributed by atoms with Crippen molar-refractivity contribution in [1.29, 1.82) is 0 Å². The van der Waals surface area contributed by atoms with Gasteiger partial charge in [-0.3, -0.25) is 4.79 Å². The minimum Gasteiger partial charge on any atom is -0.411 e. The van der Waals surface area contributed by atoms with Crippen molar-refractivity contribution in [1.82, 2.24) is 5.43 Å². The number of halogens is 1. The van der Waals surface area contributed by atoms with Gasteiger partial charge in [0.25, 0.3) is 5.91 Å². The number of nitrogens with zero attached hydrogens (tertiary/aromatic N) is 2. The van der Waals surface area contributed by atoms with Gasteiger partial charge in [-0.25, -0.2) is 5.43 Å². The Hall–Kier alpha value is -1.88. The molecule has 17 heavy (non-hydrogen) atoms. The van der Waals surface area contributed by atoms with Gasteiger partial charge in [-0.1, -0.05) is 16.8 Å². The minimum atomic E-state index is -0.355. The number of nitrogens with one attached hydrogen (secondary N) is 1. The van der Waals surface area contributed by atoms with Gasteiger partial charge >= 0.3 is 0 Å². The fourth-order valence-corrected chi connectivity index (χ4v) is 1.08. The molecule has 2 N–H and O–H groups in total. The van der Waals surface area contributed by atoms with Crippen LogP contribution in [0.4, 0.5) is 0 Å². The van der Waals surface area contributed by atoms with Crippen molar-refractivity contribution in [3.05, 3.63) is 34.9 Å². The van der Waals surface area contributed by atoms with Crippen LogP contribution < -0.4 is 5.43 Å². The van der Waals surface area contributed by atoms with Crippen LogP contribution in [0.2, 0.25) is 5.02 Å². The van der Waals surface area contributed by atoms with Crippen LogP contribution in [0, 0.1) is 0 Å². The summed E-state index contributed by atoms with van der Waals surface area (Å²) in [5.74, 6) is -0.355. The SMILES string of the molecule is CC(=N\O)/C(C)=N/NC(=O)c1ccc(Cl)cc1. The first kappa shape index (κ1) is 13.2. The second-order valence-corrected chi connectivity index (χ2v) is 3.77. The van der Waals surface area contributed by atoms with Crippen LogP contribution in [0.25, 0.3) is 0 Å². The molecule has 1 amide bonds. The molecule has 0 bridgehead atoms. The standard InChI is InChI=1S/C11H12ClN3O2/c1-7(8(2)15-17)13-14-11(16)9-3-5-10(12)6-4-9/h3-6,17H,1-2H3,(H,14,16)/b13-7+,15-8+. The lowest BCUT2D eigenvalue weighted by Gasteiger charge is -2.01. The van der Waals surface area contributed by atoms with Gasteiger partial charge in [0.05, 0.1) is 11.4 Å². The molecule has 0 aliphatic carbocycles. The monoisotopic (exact) mass is 253 g/mol. The largest absolute Gasteiger partial charge is 0.411 e. The van der Waals surface area contributed by atoms with E-state index in [1.165, 1.54) is 0 Å². The van der Waals surface area contributed by atoms with Crippen LogP contribution in [0.3, 0.4) is 0 Å². The Morgan fingerprint density at radius 3 is 2.35 bits per heavy atom. The third-order valence-electron chi connectivity index (χ3n) is 2.11.